The fourth-order valence-corrected chi connectivity index (χ4v) is 2.60. The van der Waals surface area contributed by atoms with Crippen molar-refractivity contribution in [3.8, 4) is 5.75 Å². The zero-order valence-corrected chi connectivity index (χ0v) is 15.3. The number of aromatic nitrogens is 1. The summed E-state index contributed by atoms with van der Waals surface area (Å²) in [6, 6.07) is 7.75. The van der Waals surface area contributed by atoms with Crippen LogP contribution >= 0.6 is 11.3 Å². The molecule has 7 heteroatoms. The highest BCUT2D eigenvalue weighted by Gasteiger charge is 2.07. The maximum absolute atomic E-state index is 11.4. The van der Waals surface area contributed by atoms with Crippen molar-refractivity contribution in [1.29, 1.82) is 0 Å². The van der Waals surface area contributed by atoms with Gasteiger partial charge in [0.1, 0.15) is 5.75 Å². The van der Waals surface area contributed by atoms with Crippen molar-refractivity contribution in [2.45, 2.75) is 33.1 Å². The molecule has 2 rings (SSSR count). The predicted octanol–water partition coefficient (Wildman–Crippen LogP) is 3.87. The van der Waals surface area contributed by atoms with Gasteiger partial charge in [-0.3, -0.25) is 10.2 Å². The van der Waals surface area contributed by atoms with E-state index in [1.807, 2.05) is 29.6 Å². The lowest BCUT2D eigenvalue weighted by Crippen LogP contribution is -2.07. The SMILES string of the molecule is CCCCOc1ccc(/C=N\Nc2nc(CC(=O)OCC)cs2)cc1. The topological polar surface area (TPSA) is 72.8 Å². The molecule has 25 heavy (non-hydrogen) atoms. The number of carbonyl (C=O) groups is 1. The Morgan fingerprint density at radius 1 is 1.32 bits per heavy atom. The third-order valence-corrected chi connectivity index (χ3v) is 4.00. The first-order valence-electron chi connectivity index (χ1n) is 8.33. The smallest absolute Gasteiger partial charge is 0.311 e. The van der Waals surface area contributed by atoms with Crippen LogP contribution in [0.3, 0.4) is 0 Å². The first kappa shape index (κ1) is 18.9. The molecule has 2 aromatic rings. The van der Waals surface area contributed by atoms with Crippen LogP contribution in [0.1, 0.15) is 37.9 Å². The summed E-state index contributed by atoms with van der Waals surface area (Å²) in [6.45, 7) is 5.03. The summed E-state index contributed by atoms with van der Waals surface area (Å²) < 4.78 is 10.5. The van der Waals surface area contributed by atoms with Crippen LogP contribution in [0.25, 0.3) is 0 Å². The van der Waals surface area contributed by atoms with E-state index in [1.165, 1.54) is 11.3 Å². The fourth-order valence-electron chi connectivity index (χ4n) is 1.95. The lowest BCUT2D eigenvalue weighted by Gasteiger charge is -2.04. The molecule has 1 N–H and O–H groups in total. The fraction of sp³-hybridized carbons (Fsp3) is 0.389. The van der Waals surface area contributed by atoms with Gasteiger partial charge in [0.25, 0.3) is 0 Å². The highest BCUT2D eigenvalue weighted by molar-refractivity contribution is 7.13. The van der Waals surface area contributed by atoms with Gasteiger partial charge in [0, 0.05) is 5.38 Å². The number of thiazole rings is 1. The monoisotopic (exact) mass is 361 g/mol. The summed E-state index contributed by atoms with van der Waals surface area (Å²) >= 11 is 1.39. The number of hydrogen-bond acceptors (Lipinski definition) is 7. The molecule has 0 aliphatic carbocycles. The van der Waals surface area contributed by atoms with Crippen LogP contribution in [0.2, 0.25) is 0 Å². The molecule has 0 atom stereocenters. The van der Waals surface area contributed by atoms with Gasteiger partial charge in [-0.05, 0) is 43.2 Å². The summed E-state index contributed by atoms with van der Waals surface area (Å²) in [5, 5.41) is 6.61. The van der Waals surface area contributed by atoms with Crippen molar-refractivity contribution in [3.63, 3.8) is 0 Å². The number of carbonyl (C=O) groups excluding carboxylic acids is 1. The van der Waals surface area contributed by atoms with E-state index in [1.54, 1.807) is 13.1 Å². The molecule has 1 heterocycles. The van der Waals surface area contributed by atoms with E-state index < -0.39 is 0 Å². The molecule has 6 nitrogen and oxygen atoms in total. The van der Waals surface area contributed by atoms with Gasteiger partial charge in [0.2, 0.25) is 5.13 Å². The second-order valence-corrected chi connectivity index (χ2v) is 6.12. The van der Waals surface area contributed by atoms with Gasteiger partial charge >= 0.3 is 5.97 Å². The van der Waals surface area contributed by atoms with Gasteiger partial charge in [0.05, 0.1) is 31.5 Å². The molecule has 1 aromatic carbocycles. The predicted molar refractivity (Wildman–Crippen MR) is 101 cm³/mol. The van der Waals surface area contributed by atoms with Crippen LogP contribution < -0.4 is 10.2 Å². The number of nitrogens with one attached hydrogen (secondary N) is 1. The van der Waals surface area contributed by atoms with Crippen molar-refractivity contribution in [2.24, 2.45) is 5.10 Å². The van der Waals surface area contributed by atoms with Crippen LogP contribution in [0, 0.1) is 0 Å². The second-order valence-electron chi connectivity index (χ2n) is 5.27. The third-order valence-electron chi connectivity index (χ3n) is 3.20. The molecule has 1 aromatic heterocycles. The van der Waals surface area contributed by atoms with Crippen LogP contribution in [0.15, 0.2) is 34.7 Å². The summed E-state index contributed by atoms with van der Waals surface area (Å²) in [4.78, 5) is 15.7. The van der Waals surface area contributed by atoms with Gasteiger partial charge in [-0.2, -0.15) is 5.10 Å². The summed E-state index contributed by atoms with van der Waals surface area (Å²) in [5.74, 6) is 0.589. The number of benzene rings is 1. The minimum absolute atomic E-state index is 0.176. The molecular formula is C18H23N3O3S. The molecule has 0 radical (unpaired) electrons. The Morgan fingerprint density at radius 2 is 2.12 bits per heavy atom. The van der Waals surface area contributed by atoms with E-state index in [-0.39, 0.29) is 12.4 Å². The van der Waals surface area contributed by atoms with Crippen LogP contribution in [0.4, 0.5) is 5.13 Å². The van der Waals surface area contributed by atoms with E-state index in [0.29, 0.717) is 17.4 Å². The van der Waals surface area contributed by atoms with Crippen LogP contribution in [-0.2, 0) is 16.0 Å². The molecule has 0 saturated heterocycles. The highest BCUT2D eigenvalue weighted by atomic mass is 32.1. The molecule has 0 fully saturated rings. The van der Waals surface area contributed by atoms with Gasteiger partial charge in [-0.25, -0.2) is 4.98 Å². The van der Waals surface area contributed by atoms with Crippen LogP contribution in [0.5, 0.6) is 5.75 Å². The van der Waals surface area contributed by atoms with Gasteiger partial charge in [0.15, 0.2) is 0 Å². The number of nitrogens with zero attached hydrogens (tertiary/aromatic N) is 2. The highest BCUT2D eigenvalue weighted by Crippen LogP contribution is 2.16. The molecule has 0 spiro atoms. The van der Waals surface area contributed by atoms with E-state index in [2.05, 4.69) is 22.4 Å². The standard InChI is InChI=1S/C18H23N3O3S/c1-3-5-10-24-16-8-6-14(7-9-16)12-19-21-18-20-15(13-25-18)11-17(22)23-4-2/h6-9,12-13H,3-5,10-11H2,1-2H3,(H,20,21)/b19-12-. The molecule has 134 valence electrons. The summed E-state index contributed by atoms with van der Waals surface area (Å²) in [7, 11) is 0. The van der Waals surface area contributed by atoms with Crippen molar-refractivity contribution in [1.82, 2.24) is 4.98 Å². The Morgan fingerprint density at radius 3 is 2.84 bits per heavy atom. The minimum atomic E-state index is -0.274. The van der Waals surface area contributed by atoms with E-state index >= 15 is 0 Å². The van der Waals surface area contributed by atoms with Gasteiger partial charge in [-0.1, -0.05) is 13.3 Å². The molecule has 0 aliphatic rings. The van der Waals surface area contributed by atoms with Crippen LogP contribution in [-0.4, -0.2) is 30.4 Å². The normalized spacial score (nSPS) is 10.8. The molecule has 0 saturated carbocycles. The van der Waals surface area contributed by atoms with Crippen molar-refractivity contribution in [2.75, 3.05) is 18.6 Å². The Labute approximate surface area is 151 Å². The number of unbranched alkanes of at least 4 members (excludes halogenated alkanes) is 1. The zero-order chi connectivity index (χ0) is 17.9. The molecular weight excluding hydrogens is 338 g/mol. The van der Waals surface area contributed by atoms with Crippen molar-refractivity contribution in [3.05, 3.63) is 40.9 Å². The maximum Gasteiger partial charge on any atom is 0.311 e. The molecule has 0 amide bonds. The summed E-state index contributed by atoms with van der Waals surface area (Å²) in [5.41, 5.74) is 4.50. The van der Waals surface area contributed by atoms with E-state index in [9.17, 15) is 4.79 Å². The lowest BCUT2D eigenvalue weighted by atomic mass is 10.2. The summed E-state index contributed by atoms with van der Waals surface area (Å²) in [6.07, 6.45) is 4.06. The Bertz CT molecular complexity index is 683. The average molecular weight is 361 g/mol. The molecule has 0 aliphatic heterocycles. The number of hydrazone groups is 1. The van der Waals surface area contributed by atoms with Gasteiger partial charge < -0.3 is 9.47 Å². The first-order valence-corrected chi connectivity index (χ1v) is 9.21. The quantitative estimate of drug-likeness (QED) is 0.301. The lowest BCUT2D eigenvalue weighted by molar-refractivity contribution is -0.142. The number of anilines is 1. The maximum atomic E-state index is 11.4. The Kier molecular flexibility index (Phi) is 7.91. The van der Waals surface area contributed by atoms with E-state index in [4.69, 9.17) is 9.47 Å². The number of ether oxygens (including phenoxy) is 2. The number of rotatable bonds is 10. The number of esters is 1. The average Bonchev–Trinajstić information content (AvgIpc) is 3.04. The third kappa shape index (κ3) is 6.93. The zero-order valence-electron chi connectivity index (χ0n) is 14.5. The van der Waals surface area contributed by atoms with Crippen molar-refractivity contribution < 1.29 is 14.3 Å². The molecule has 0 bridgehead atoms. The van der Waals surface area contributed by atoms with Gasteiger partial charge in [-0.15, -0.1) is 11.3 Å². The second kappa shape index (κ2) is 10.5. The van der Waals surface area contributed by atoms with E-state index in [0.717, 1.165) is 30.8 Å². The first-order chi connectivity index (χ1) is 12.2. The van der Waals surface area contributed by atoms with Crippen molar-refractivity contribution >= 4 is 28.7 Å². The Balaban J connectivity index is 1.80. The minimum Gasteiger partial charge on any atom is -0.494 e. The largest absolute Gasteiger partial charge is 0.494 e. The Hall–Kier alpha value is -2.41. The molecule has 0 unspecified atom stereocenters. The number of hydrogen-bond donors (Lipinski definition) is 1.